The molecule has 0 aliphatic rings. The zero-order valence-corrected chi connectivity index (χ0v) is 16.7. The molecule has 0 unspecified atom stereocenters. The highest BCUT2D eigenvalue weighted by Gasteiger charge is 2.18. The van der Waals surface area contributed by atoms with Crippen LogP contribution in [-0.4, -0.2) is 19.1 Å². The predicted molar refractivity (Wildman–Crippen MR) is 114 cm³/mol. The van der Waals surface area contributed by atoms with Gasteiger partial charge in [0, 0.05) is 19.7 Å². The average molecular weight is 403 g/mol. The van der Waals surface area contributed by atoms with Crippen molar-refractivity contribution in [3.63, 3.8) is 0 Å². The normalized spacial score (nSPS) is 10.2. The lowest BCUT2D eigenvalue weighted by Crippen LogP contribution is -2.18. The summed E-state index contributed by atoms with van der Waals surface area (Å²) in [4.78, 5) is 12.7. The fourth-order valence-electron chi connectivity index (χ4n) is 3.09. The van der Waals surface area contributed by atoms with Crippen molar-refractivity contribution in [2.24, 2.45) is 0 Å². The van der Waals surface area contributed by atoms with Crippen LogP contribution in [0.2, 0.25) is 0 Å². The zero-order chi connectivity index (χ0) is 21.5. The number of anilines is 1. The van der Waals surface area contributed by atoms with Crippen LogP contribution in [0.15, 0.2) is 66.7 Å². The number of rotatable bonds is 8. The Morgan fingerprint density at radius 2 is 1.80 bits per heavy atom. The second-order valence-electron chi connectivity index (χ2n) is 6.69. The number of nitro benzene ring substituents is 1. The second kappa shape index (κ2) is 9.43. The first-order valence-electron chi connectivity index (χ1n) is 9.25. The molecule has 0 amide bonds. The molecule has 0 saturated heterocycles. The smallest absolute Gasteiger partial charge is 0.293 e. The van der Waals surface area contributed by atoms with Crippen molar-refractivity contribution >= 4 is 11.4 Å². The lowest BCUT2D eigenvalue weighted by atomic mass is 10.1. The van der Waals surface area contributed by atoms with Crippen LogP contribution in [0, 0.1) is 21.4 Å². The molecule has 0 saturated carbocycles. The van der Waals surface area contributed by atoms with Crippen molar-refractivity contribution in [2.45, 2.75) is 13.2 Å². The maximum atomic E-state index is 11.4. The van der Waals surface area contributed by atoms with Crippen LogP contribution in [0.5, 0.6) is 11.5 Å². The van der Waals surface area contributed by atoms with Crippen molar-refractivity contribution in [1.82, 2.24) is 0 Å². The summed E-state index contributed by atoms with van der Waals surface area (Å²) in [5, 5.41) is 20.4. The van der Waals surface area contributed by atoms with E-state index in [2.05, 4.69) is 0 Å². The summed E-state index contributed by atoms with van der Waals surface area (Å²) in [6, 6.07) is 21.8. The molecule has 3 rings (SSSR count). The minimum absolute atomic E-state index is 0.105. The second-order valence-corrected chi connectivity index (χ2v) is 6.69. The summed E-state index contributed by atoms with van der Waals surface area (Å²) >= 11 is 0. The van der Waals surface area contributed by atoms with Crippen molar-refractivity contribution in [3.8, 4) is 17.6 Å². The molecule has 0 radical (unpaired) electrons. The Balaban J connectivity index is 1.77. The summed E-state index contributed by atoms with van der Waals surface area (Å²) in [5.41, 5.74) is 2.53. The van der Waals surface area contributed by atoms with Gasteiger partial charge in [0.1, 0.15) is 12.3 Å². The maximum Gasteiger partial charge on any atom is 0.293 e. The fraction of sp³-hybridized carbons (Fsp3) is 0.174. The van der Waals surface area contributed by atoms with Gasteiger partial charge in [-0.05, 0) is 35.4 Å². The van der Waals surface area contributed by atoms with Gasteiger partial charge in [-0.3, -0.25) is 10.1 Å². The highest BCUT2D eigenvalue weighted by Crippen LogP contribution is 2.32. The quantitative estimate of drug-likeness (QED) is 0.400. The molecule has 3 aromatic carbocycles. The summed E-state index contributed by atoms with van der Waals surface area (Å²) in [7, 11) is 3.34. The third kappa shape index (κ3) is 4.86. The Labute approximate surface area is 174 Å². The zero-order valence-electron chi connectivity index (χ0n) is 16.7. The molecule has 0 fully saturated rings. The molecule has 152 valence electrons. The van der Waals surface area contributed by atoms with Crippen LogP contribution in [0.25, 0.3) is 0 Å². The van der Waals surface area contributed by atoms with Gasteiger partial charge in [-0.2, -0.15) is 5.26 Å². The van der Waals surface area contributed by atoms with Gasteiger partial charge in [0.05, 0.1) is 23.7 Å². The van der Waals surface area contributed by atoms with Gasteiger partial charge in [0.2, 0.25) is 0 Å². The lowest BCUT2D eigenvalue weighted by Gasteiger charge is -2.20. The molecular weight excluding hydrogens is 382 g/mol. The first-order valence-corrected chi connectivity index (χ1v) is 9.25. The number of ether oxygens (including phenoxy) is 2. The Bertz CT molecular complexity index is 1080. The third-order valence-corrected chi connectivity index (χ3v) is 4.60. The van der Waals surface area contributed by atoms with E-state index in [1.807, 2.05) is 54.6 Å². The van der Waals surface area contributed by atoms with Crippen LogP contribution in [0.3, 0.4) is 0 Å². The molecule has 0 heterocycles. The number of hydrogen-bond donors (Lipinski definition) is 0. The minimum atomic E-state index is -0.478. The number of methoxy groups -OCH3 is 1. The highest BCUT2D eigenvalue weighted by atomic mass is 16.6. The van der Waals surface area contributed by atoms with Crippen LogP contribution in [0.4, 0.5) is 11.4 Å². The Hall–Kier alpha value is -4.05. The monoisotopic (exact) mass is 403 g/mol. The van der Waals surface area contributed by atoms with Crippen molar-refractivity contribution < 1.29 is 14.4 Å². The lowest BCUT2D eigenvalue weighted by molar-refractivity contribution is -0.384. The van der Waals surface area contributed by atoms with Gasteiger partial charge in [-0.1, -0.05) is 36.4 Å². The van der Waals surface area contributed by atoms with Gasteiger partial charge >= 0.3 is 0 Å². The SMILES string of the molecule is COc1cc(CN(C)c2ccc(C#N)cc2[N+](=O)[O-])ccc1OCc1ccccc1. The summed E-state index contributed by atoms with van der Waals surface area (Å²) in [5.74, 6) is 1.21. The van der Waals surface area contributed by atoms with E-state index in [9.17, 15) is 10.1 Å². The van der Waals surface area contributed by atoms with E-state index in [1.165, 1.54) is 6.07 Å². The molecule has 7 heteroatoms. The van der Waals surface area contributed by atoms with E-state index in [1.54, 1.807) is 31.2 Å². The average Bonchev–Trinajstić information content (AvgIpc) is 2.78. The fourth-order valence-corrected chi connectivity index (χ4v) is 3.09. The van der Waals surface area contributed by atoms with E-state index >= 15 is 0 Å². The molecule has 0 N–H and O–H groups in total. The van der Waals surface area contributed by atoms with Gasteiger partial charge < -0.3 is 14.4 Å². The predicted octanol–water partition coefficient (Wildman–Crippen LogP) is 4.69. The van der Waals surface area contributed by atoms with E-state index in [-0.39, 0.29) is 11.3 Å². The number of nitrogens with zero attached hydrogens (tertiary/aromatic N) is 3. The first-order chi connectivity index (χ1) is 14.5. The maximum absolute atomic E-state index is 11.4. The van der Waals surface area contributed by atoms with Crippen LogP contribution < -0.4 is 14.4 Å². The van der Waals surface area contributed by atoms with E-state index in [0.717, 1.165) is 11.1 Å². The van der Waals surface area contributed by atoms with Crippen molar-refractivity contribution in [1.29, 1.82) is 5.26 Å². The topological polar surface area (TPSA) is 88.6 Å². The van der Waals surface area contributed by atoms with Crippen LogP contribution in [0.1, 0.15) is 16.7 Å². The first kappa shape index (κ1) is 20.7. The summed E-state index contributed by atoms with van der Waals surface area (Å²) in [6.45, 7) is 0.843. The number of nitro groups is 1. The molecule has 7 nitrogen and oxygen atoms in total. The molecule has 0 aliphatic heterocycles. The van der Waals surface area contributed by atoms with Crippen molar-refractivity contribution in [3.05, 3.63) is 93.5 Å². The van der Waals surface area contributed by atoms with E-state index in [0.29, 0.717) is 30.3 Å². The molecule has 0 atom stereocenters. The Morgan fingerprint density at radius 1 is 1.03 bits per heavy atom. The molecule has 0 aromatic heterocycles. The van der Waals surface area contributed by atoms with Gasteiger partial charge in [-0.15, -0.1) is 0 Å². The summed E-state index contributed by atoms with van der Waals surface area (Å²) in [6.07, 6.45) is 0. The van der Waals surface area contributed by atoms with Crippen LogP contribution >= 0.6 is 0 Å². The third-order valence-electron chi connectivity index (χ3n) is 4.60. The van der Waals surface area contributed by atoms with Gasteiger partial charge in [-0.25, -0.2) is 0 Å². The van der Waals surface area contributed by atoms with E-state index in [4.69, 9.17) is 14.7 Å². The van der Waals surface area contributed by atoms with E-state index < -0.39 is 4.92 Å². The standard InChI is InChI=1S/C23H21N3O4/c1-25(20-10-8-18(14-24)12-21(20)26(27)28)15-19-9-11-22(23(13-19)29-2)30-16-17-6-4-3-5-7-17/h3-13H,15-16H2,1-2H3. The molecule has 0 bridgehead atoms. The van der Waals surface area contributed by atoms with Crippen molar-refractivity contribution in [2.75, 3.05) is 19.1 Å². The van der Waals surface area contributed by atoms with Gasteiger partial charge in [0.25, 0.3) is 5.69 Å². The largest absolute Gasteiger partial charge is 0.493 e. The Morgan fingerprint density at radius 3 is 2.47 bits per heavy atom. The number of benzene rings is 3. The summed E-state index contributed by atoms with van der Waals surface area (Å²) < 4.78 is 11.3. The molecule has 0 aliphatic carbocycles. The molecule has 30 heavy (non-hydrogen) atoms. The van der Waals surface area contributed by atoms with Gasteiger partial charge in [0.15, 0.2) is 11.5 Å². The minimum Gasteiger partial charge on any atom is -0.493 e. The van der Waals surface area contributed by atoms with Crippen LogP contribution in [-0.2, 0) is 13.2 Å². The highest BCUT2D eigenvalue weighted by molar-refractivity contribution is 5.65. The number of hydrogen-bond acceptors (Lipinski definition) is 6. The molecule has 3 aromatic rings. The number of nitriles is 1. The molecular formula is C23H21N3O4. The molecule has 0 spiro atoms. The Kier molecular flexibility index (Phi) is 6.50.